The number of amides is 2. The summed E-state index contributed by atoms with van der Waals surface area (Å²) in [5.41, 5.74) is 1.46. The van der Waals surface area contributed by atoms with E-state index >= 15 is 0 Å². The maximum absolute atomic E-state index is 13.1. The van der Waals surface area contributed by atoms with Gasteiger partial charge in [-0.1, -0.05) is 20.8 Å². The van der Waals surface area contributed by atoms with Crippen molar-refractivity contribution in [2.45, 2.75) is 46.1 Å². The number of hydrogen-bond acceptors (Lipinski definition) is 4. The number of carbonyl (C=O) groups is 2. The van der Waals surface area contributed by atoms with Gasteiger partial charge in [0.25, 0.3) is 11.5 Å². The molecule has 0 spiro atoms. The quantitative estimate of drug-likeness (QED) is 0.846. The van der Waals surface area contributed by atoms with Crippen LogP contribution in [0.4, 0.5) is 5.69 Å². The SMILES string of the molecule is CC(C)(C)CC(=O)N1C[C@@H]2C[C@H](C1)c1ccc(NC(=O)c3ccncc3)c(=O)n1C2. The minimum Gasteiger partial charge on any atom is -0.342 e. The van der Waals surface area contributed by atoms with Gasteiger partial charge >= 0.3 is 0 Å². The third kappa shape index (κ3) is 4.15. The molecule has 4 heterocycles. The zero-order valence-electron chi connectivity index (χ0n) is 17.7. The lowest BCUT2D eigenvalue weighted by atomic mass is 9.82. The Morgan fingerprint density at radius 2 is 1.83 bits per heavy atom. The number of piperidine rings is 1. The minimum atomic E-state index is -0.329. The van der Waals surface area contributed by atoms with Crippen molar-refractivity contribution in [1.29, 1.82) is 0 Å². The first-order valence-corrected chi connectivity index (χ1v) is 10.4. The maximum Gasteiger partial charge on any atom is 0.274 e. The minimum absolute atomic E-state index is 0.0413. The first-order chi connectivity index (χ1) is 14.2. The molecule has 1 N–H and O–H groups in total. The number of rotatable bonds is 3. The molecule has 2 amide bonds. The summed E-state index contributed by atoms with van der Waals surface area (Å²) < 4.78 is 1.78. The number of carbonyl (C=O) groups excluding carboxylic acids is 2. The fraction of sp³-hybridized carbons (Fsp3) is 0.478. The van der Waals surface area contributed by atoms with Crippen molar-refractivity contribution in [3.05, 3.63) is 58.3 Å². The van der Waals surface area contributed by atoms with E-state index in [0.29, 0.717) is 31.6 Å². The van der Waals surface area contributed by atoms with Gasteiger partial charge in [-0.3, -0.25) is 19.4 Å². The molecule has 2 aliphatic heterocycles. The van der Waals surface area contributed by atoms with Crippen molar-refractivity contribution >= 4 is 17.5 Å². The lowest BCUT2D eigenvalue weighted by molar-refractivity contribution is -0.135. The molecule has 7 nitrogen and oxygen atoms in total. The average molecular weight is 409 g/mol. The Morgan fingerprint density at radius 3 is 2.53 bits per heavy atom. The third-order valence-electron chi connectivity index (χ3n) is 5.83. The topological polar surface area (TPSA) is 84.3 Å². The van der Waals surface area contributed by atoms with Gasteiger partial charge in [-0.05, 0) is 42.0 Å². The summed E-state index contributed by atoms with van der Waals surface area (Å²) in [4.78, 5) is 44.1. The summed E-state index contributed by atoms with van der Waals surface area (Å²) in [6, 6.07) is 6.82. The van der Waals surface area contributed by atoms with Crippen LogP contribution in [0.15, 0.2) is 41.5 Å². The Bertz CT molecular complexity index is 1020. The van der Waals surface area contributed by atoms with Crippen molar-refractivity contribution in [3.63, 3.8) is 0 Å². The molecular weight excluding hydrogens is 380 g/mol. The van der Waals surface area contributed by atoms with E-state index < -0.39 is 0 Å². The van der Waals surface area contributed by atoms with E-state index in [1.165, 1.54) is 0 Å². The first-order valence-electron chi connectivity index (χ1n) is 10.4. The van der Waals surface area contributed by atoms with Gasteiger partial charge in [0, 0.05) is 55.6 Å². The highest BCUT2D eigenvalue weighted by Gasteiger charge is 2.37. The van der Waals surface area contributed by atoms with Gasteiger partial charge < -0.3 is 14.8 Å². The normalized spacial score (nSPS) is 20.4. The monoisotopic (exact) mass is 408 g/mol. The summed E-state index contributed by atoms with van der Waals surface area (Å²) in [5.74, 6) is 0.266. The van der Waals surface area contributed by atoms with Crippen LogP contribution in [-0.2, 0) is 11.3 Å². The van der Waals surface area contributed by atoms with E-state index in [-0.39, 0.29) is 40.3 Å². The molecule has 1 fully saturated rings. The Kier molecular flexibility index (Phi) is 5.22. The molecule has 0 aromatic carbocycles. The van der Waals surface area contributed by atoms with E-state index in [1.54, 1.807) is 35.2 Å². The number of likely N-dealkylation sites (tertiary alicyclic amines) is 1. The second kappa shape index (κ2) is 7.70. The Morgan fingerprint density at radius 1 is 1.10 bits per heavy atom. The maximum atomic E-state index is 13.1. The summed E-state index contributed by atoms with van der Waals surface area (Å²) in [7, 11) is 0. The van der Waals surface area contributed by atoms with Gasteiger partial charge in [0.2, 0.25) is 5.91 Å². The standard InChI is InChI=1S/C23H28N4O3/c1-23(2,3)11-20(28)26-12-15-10-17(14-26)19-5-4-18(22(30)27(19)13-15)25-21(29)16-6-8-24-9-7-16/h4-9,15,17H,10-14H2,1-3H3,(H,25,29)/t15-,17+/m0/s1. The molecule has 4 rings (SSSR count). The molecule has 0 saturated carbocycles. The van der Waals surface area contributed by atoms with E-state index in [1.807, 2.05) is 11.0 Å². The Hall–Kier alpha value is -2.96. The van der Waals surface area contributed by atoms with Crippen LogP contribution in [0, 0.1) is 11.3 Å². The zero-order chi connectivity index (χ0) is 21.5. The van der Waals surface area contributed by atoms with Crippen molar-refractivity contribution in [3.8, 4) is 0 Å². The molecule has 2 aliphatic rings. The van der Waals surface area contributed by atoms with Gasteiger partial charge in [0.1, 0.15) is 5.69 Å². The third-order valence-corrected chi connectivity index (χ3v) is 5.83. The van der Waals surface area contributed by atoms with Crippen LogP contribution in [0.25, 0.3) is 0 Å². The average Bonchev–Trinajstić information content (AvgIpc) is 2.69. The predicted octanol–water partition coefficient (Wildman–Crippen LogP) is 2.88. The fourth-order valence-corrected chi connectivity index (χ4v) is 4.51. The highest BCUT2D eigenvalue weighted by Crippen LogP contribution is 2.36. The molecule has 158 valence electrons. The van der Waals surface area contributed by atoms with Crippen LogP contribution in [0.1, 0.15) is 55.6 Å². The molecule has 2 aromatic rings. The van der Waals surface area contributed by atoms with Crippen molar-refractivity contribution in [2.75, 3.05) is 18.4 Å². The van der Waals surface area contributed by atoms with Crippen LogP contribution in [0.3, 0.4) is 0 Å². The molecule has 30 heavy (non-hydrogen) atoms. The van der Waals surface area contributed by atoms with Crippen LogP contribution in [0.2, 0.25) is 0 Å². The first kappa shape index (κ1) is 20.3. The van der Waals surface area contributed by atoms with E-state index in [9.17, 15) is 14.4 Å². The molecule has 1 saturated heterocycles. The lowest BCUT2D eigenvalue weighted by Gasteiger charge is -2.43. The summed E-state index contributed by atoms with van der Waals surface area (Å²) in [6.07, 6.45) is 4.60. The molecule has 0 unspecified atom stereocenters. The van der Waals surface area contributed by atoms with Gasteiger partial charge in [-0.2, -0.15) is 0 Å². The predicted molar refractivity (Wildman–Crippen MR) is 114 cm³/mol. The largest absolute Gasteiger partial charge is 0.342 e. The van der Waals surface area contributed by atoms with Crippen LogP contribution < -0.4 is 10.9 Å². The zero-order valence-corrected chi connectivity index (χ0v) is 17.7. The number of nitrogens with zero attached hydrogens (tertiary/aromatic N) is 3. The molecule has 2 atom stereocenters. The molecular formula is C23H28N4O3. The van der Waals surface area contributed by atoms with Gasteiger partial charge in [0.05, 0.1) is 0 Å². The molecule has 2 aromatic heterocycles. The number of fused-ring (bicyclic) bond motifs is 4. The summed E-state index contributed by atoms with van der Waals surface area (Å²) in [6.45, 7) is 8.13. The van der Waals surface area contributed by atoms with E-state index in [2.05, 4.69) is 31.1 Å². The van der Waals surface area contributed by atoms with Gasteiger partial charge in [-0.25, -0.2) is 0 Å². The smallest absolute Gasteiger partial charge is 0.274 e. The van der Waals surface area contributed by atoms with Crippen molar-refractivity contribution < 1.29 is 9.59 Å². The highest BCUT2D eigenvalue weighted by molar-refractivity contribution is 6.04. The van der Waals surface area contributed by atoms with Crippen LogP contribution in [-0.4, -0.2) is 39.4 Å². The number of aromatic nitrogens is 2. The van der Waals surface area contributed by atoms with Crippen molar-refractivity contribution in [1.82, 2.24) is 14.5 Å². The second-order valence-electron chi connectivity index (χ2n) is 9.61. The molecule has 7 heteroatoms. The highest BCUT2D eigenvalue weighted by atomic mass is 16.2. The summed E-state index contributed by atoms with van der Waals surface area (Å²) in [5, 5.41) is 2.73. The number of pyridine rings is 2. The lowest BCUT2D eigenvalue weighted by Crippen LogP contribution is -2.49. The molecule has 2 bridgehead atoms. The fourth-order valence-electron chi connectivity index (χ4n) is 4.51. The van der Waals surface area contributed by atoms with Gasteiger partial charge in [0.15, 0.2) is 0 Å². The van der Waals surface area contributed by atoms with Crippen LogP contribution >= 0.6 is 0 Å². The van der Waals surface area contributed by atoms with E-state index in [4.69, 9.17) is 0 Å². The Balaban J connectivity index is 1.54. The Labute approximate surface area is 176 Å². The number of nitrogens with one attached hydrogen (secondary N) is 1. The second-order valence-corrected chi connectivity index (χ2v) is 9.61. The van der Waals surface area contributed by atoms with Crippen LogP contribution in [0.5, 0.6) is 0 Å². The number of hydrogen-bond donors (Lipinski definition) is 1. The summed E-state index contributed by atoms with van der Waals surface area (Å²) >= 11 is 0. The van der Waals surface area contributed by atoms with E-state index in [0.717, 1.165) is 12.1 Å². The molecule has 0 radical (unpaired) electrons. The number of anilines is 1. The van der Waals surface area contributed by atoms with Crippen molar-refractivity contribution in [2.24, 2.45) is 11.3 Å². The van der Waals surface area contributed by atoms with Gasteiger partial charge in [-0.15, -0.1) is 0 Å². The molecule has 0 aliphatic carbocycles.